The van der Waals surface area contributed by atoms with Crippen LogP contribution in [0.1, 0.15) is 155 Å². The Morgan fingerprint density at radius 2 is 0.873 bits per heavy atom. The van der Waals surface area contributed by atoms with Crippen LogP contribution in [-0.2, 0) is 25.7 Å². The second-order valence-electron chi connectivity index (χ2n) is 34.5. The Labute approximate surface area is 728 Å². The van der Waals surface area contributed by atoms with Gasteiger partial charge in [0.2, 0.25) is 0 Å². The summed E-state index contributed by atoms with van der Waals surface area (Å²) in [5.74, 6) is 0.771. The van der Waals surface area contributed by atoms with Crippen molar-refractivity contribution in [3.8, 4) is 45.3 Å². The van der Waals surface area contributed by atoms with Crippen molar-refractivity contribution in [2.75, 3.05) is 95.4 Å². The molecule has 4 aliphatic heterocycles. The summed E-state index contributed by atoms with van der Waals surface area (Å²) in [6, 6.07) is 24.1. The first kappa shape index (κ1) is 84.2. The number of imidazole rings is 2. The van der Waals surface area contributed by atoms with Crippen molar-refractivity contribution in [2.24, 2.45) is 0 Å². The van der Waals surface area contributed by atoms with E-state index in [1.807, 2.05) is 138 Å². The minimum Gasteiger partial charge on any atom is -0.395 e. The van der Waals surface area contributed by atoms with Crippen LogP contribution in [-0.4, -0.2) is 219 Å². The Morgan fingerprint density at radius 1 is 0.429 bits per heavy atom. The third-order valence-electron chi connectivity index (χ3n) is 25.8. The number of aliphatic hydroxyl groups is 1. The monoisotopic (exact) mass is 1690 g/mol. The third-order valence-corrected chi connectivity index (χ3v) is 25.8. The molecular formula is C95H110N26O5. The molecule has 0 aromatic carbocycles. The third kappa shape index (κ3) is 17.2. The lowest BCUT2D eigenvalue weighted by atomic mass is 9.89. The van der Waals surface area contributed by atoms with E-state index in [9.17, 15) is 24.3 Å². The molecule has 126 heavy (non-hydrogen) atoms. The number of nitrogens with zero attached hydrogens (tertiary/aromatic N) is 25. The highest BCUT2D eigenvalue weighted by Crippen LogP contribution is 2.34. The number of fused-ring (bicyclic) bond motifs is 8. The van der Waals surface area contributed by atoms with Gasteiger partial charge in [-0.2, -0.15) is 10.2 Å². The minimum absolute atomic E-state index is 0.0528. The molecule has 1 saturated carbocycles. The van der Waals surface area contributed by atoms with E-state index >= 15 is 0 Å². The highest BCUT2D eigenvalue weighted by atomic mass is 16.3. The zero-order chi connectivity index (χ0) is 87.3. The number of likely N-dealkylation sites (tertiary alicyclic amines) is 1. The Morgan fingerprint density at radius 3 is 1.32 bits per heavy atom. The van der Waals surface area contributed by atoms with E-state index < -0.39 is 0 Å². The number of hydrogen-bond donors (Lipinski definition) is 2. The topological polar surface area (TPSA) is 307 Å². The SMILES string of the molecule is CCc1cc(-c2cc(=O)n3cc(N4CCN(C5CCC5)[C@@H](C)C4)ccc3n2)cn2cc(C)nc12.CCc1cc(-c2cc(=O)n3cc(N4CCN(CCO)[C@@H](C)C4)ccc3n2)cn2cc(C)nc12.CCc1nc(C)cn2nc(-c3cc(=O)n4cc(C5CCN(C)CC5)ncc4n3)cc12.CCc1nc(C)cn2nc(-c3cc(=O)n4cc(C5CCNCC5)ncc4n3)cc12. The molecular weight excluding hydrogens is 1590 g/mol. The molecule has 31 nitrogen and oxygen atoms in total. The number of aliphatic hydroxyl groups excluding tert-OH is 1. The summed E-state index contributed by atoms with van der Waals surface area (Å²) in [5.41, 5.74) is 23.5. The van der Waals surface area contributed by atoms with Gasteiger partial charge in [-0.1, -0.05) is 34.1 Å². The fourth-order valence-electron chi connectivity index (χ4n) is 18.7. The van der Waals surface area contributed by atoms with Gasteiger partial charge in [0.15, 0.2) is 11.3 Å². The van der Waals surface area contributed by atoms with Crippen molar-refractivity contribution < 1.29 is 5.11 Å². The van der Waals surface area contributed by atoms with Gasteiger partial charge in [0.1, 0.15) is 34.0 Å². The summed E-state index contributed by atoms with van der Waals surface area (Å²) < 4.78 is 14.2. The number of anilines is 2. The normalized spacial score (nSPS) is 17.2. The highest BCUT2D eigenvalue weighted by molar-refractivity contribution is 5.71. The van der Waals surface area contributed by atoms with Gasteiger partial charge in [-0.3, -0.25) is 66.5 Å². The summed E-state index contributed by atoms with van der Waals surface area (Å²) >= 11 is 0. The van der Waals surface area contributed by atoms with Gasteiger partial charge in [-0.05, 0) is 199 Å². The van der Waals surface area contributed by atoms with Crippen LogP contribution in [0, 0.1) is 27.7 Å². The van der Waals surface area contributed by atoms with Crippen LogP contribution >= 0.6 is 0 Å². The molecule has 4 saturated heterocycles. The van der Waals surface area contributed by atoms with Gasteiger partial charge in [0.25, 0.3) is 22.2 Å². The van der Waals surface area contributed by atoms with Gasteiger partial charge in [-0.15, -0.1) is 0 Å². The van der Waals surface area contributed by atoms with Crippen molar-refractivity contribution in [3.63, 3.8) is 0 Å². The minimum atomic E-state index is -0.121. The number of aryl methyl sites for hydroxylation is 8. The molecule has 0 unspecified atom stereocenters. The lowest BCUT2D eigenvalue weighted by molar-refractivity contribution is 0.0775. The predicted molar refractivity (Wildman–Crippen MR) is 491 cm³/mol. The van der Waals surface area contributed by atoms with Gasteiger partial charge in [0, 0.05) is 161 Å². The number of nitrogens with one attached hydrogen (secondary N) is 1. The van der Waals surface area contributed by atoms with E-state index in [0.29, 0.717) is 87.2 Å². The molecule has 0 radical (unpaired) electrons. The van der Waals surface area contributed by atoms with Crippen LogP contribution in [0.25, 0.3) is 90.2 Å². The van der Waals surface area contributed by atoms with Gasteiger partial charge >= 0.3 is 0 Å². The summed E-state index contributed by atoms with van der Waals surface area (Å²) in [7, 11) is 2.14. The molecule has 5 aliphatic rings. The van der Waals surface area contributed by atoms with E-state index in [1.165, 1.54) is 19.3 Å². The Balaban J connectivity index is 0.000000114. The van der Waals surface area contributed by atoms with Crippen LogP contribution in [0.15, 0.2) is 166 Å². The molecule has 21 rings (SSSR count). The molecule has 0 spiro atoms. The Bertz CT molecular complexity index is 7040. The van der Waals surface area contributed by atoms with Gasteiger partial charge < -0.3 is 33.9 Å². The summed E-state index contributed by atoms with van der Waals surface area (Å²) in [6.45, 7) is 31.4. The Hall–Kier alpha value is -12.7. The number of rotatable bonds is 15. The average Bonchev–Trinajstić information content (AvgIpc) is 1.46. The van der Waals surface area contributed by atoms with Crippen molar-refractivity contribution in [1.29, 1.82) is 0 Å². The zero-order valence-corrected chi connectivity index (χ0v) is 73.8. The molecule has 16 aromatic rings. The fourth-order valence-corrected chi connectivity index (χ4v) is 18.7. The van der Waals surface area contributed by atoms with Crippen molar-refractivity contribution in [1.82, 2.24) is 115 Å². The first-order valence-corrected chi connectivity index (χ1v) is 44.7. The lowest BCUT2D eigenvalue weighted by Crippen LogP contribution is -2.57. The standard InChI is InChI=1S/C27H32N6O.C25H30N6O2.C22H25N7O.C21H23N7O/c1-4-20-12-21(16-31-14-18(2)28-27(20)31)24-13-26(34)33-17-23(8-9-25(33)29-24)30-10-11-32(19(3)15-30)22-6-5-7-22;1-4-19-11-20(15-30-13-17(2)26-25(19)30)22-12-24(33)31-16-21(5-6-23(31)27-22)29-8-7-28(9-10-32)18(3)14-29;1-4-16-20-9-18(26-29(20)12-14(2)24-16)17-10-22(30)28-13-19(23-11-21(28)25-17)15-5-7-27(3)8-6-15;1-3-15-19-8-17(26-28(19)11-13(2)24-15)16-9-21(29)27-12-18(23-10-20(27)25-16)14-4-6-22-7-5-14/h8-9,12-14,16-17,19,22H,4-7,10-11,15H2,1-3H3;5-6,11-13,15-16,18,32H,4,7-10,14H2,1-3H3;9-13,15H,4-8H2,1-3H3;8-12,14,22H,3-7H2,1-2H3/t19-;18-;;/m00../s1. The molecule has 2 N–H and O–H groups in total. The van der Waals surface area contributed by atoms with E-state index in [-0.39, 0.29) is 28.8 Å². The second kappa shape index (κ2) is 35.7. The van der Waals surface area contributed by atoms with E-state index in [0.717, 1.165) is 224 Å². The van der Waals surface area contributed by atoms with Crippen molar-refractivity contribution in [3.05, 3.63) is 245 Å². The number of β-amino-alcohol motifs (C(OH)–C–C–N with tert-alkyl or cyclic N) is 1. The Kier molecular flexibility index (Phi) is 23.9. The van der Waals surface area contributed by atoms with Crippen LogP contribution < -0.4 is 37.4 Å². The molecule has 16 aromatic heterocycles. The first-order valence-electron chi connectivity index (χ1n) is 44.7. The first-order chi connectivity index (χ1) is 61.1. The summed E-state index contributed by atoms with van der Waals surface area (Å²) in [4.78, 5) is 111. The van der Waals surface area contributed by atoms with Crippen molar-refractivity contribution >= 4 is 56.3 Å². The second-order valence-corrected chi connectivity index (χ2v) is 34.5. The maximum atomic E-state index is 13.2. The van der Waals surface area contributed by atoms with E-state index in [4.69, 9.17) is 9.97 Å². The predicted octanol–water partition coefficient (Wildman–Crippen LogP) is 10.9. The number of hydrogen-bond acceptors (Lipinski definition) is 23. The van der Waals surface area contributed by atoms with Crippen molar-refractivity contribution in [2.45, 2.75) is 170 Å². The lowest BCUT2D eigenvalue weighted by Gasteiger charge is -2.47. The van der Waals surface area contributed by atoms with Crippen LogP contribution in [0.5, 0.6) is 0 Å². The van der Waals surface area contributed by atoms with Crippen LogP contribution in [0.4, 0.5) is 11.4 Å². The molecule has 20 heterocycles. The van der Waals surface area contributed by atoms with Gasteiger partial charge in [0.05, 0.1) is 122 Å². The molecule has 31 heteroatoms. The zero-order valence-electron chi connectivity index (χ0n) is 73.8. The average molecular weight is 1700 g/mol. The number of aromatic nitrogens is 20. The number of piperidine rings is 2. The largest absolute Gasteiger partial charge is 0.395 e. The molecule has 0 bridgehead atoms. The van der Waals surface area contributed by atoms with Crippen LogP contribution in [0.3, 0.4) is 0 Å². The maximum absolute atomic E-state index is 13.2. The van der Waals surface area contributed by atoms with E-state index in [2.05, 4.69) is 147 Å². The summed E-state index contributed by atoms with van der Waals surface area (Å²) in [5, 5.41) is 21.9. The van der Waals surface area contributed by atoms with E-state index in [1.54, 1.807) is 54.3 Å². The molecule has 650 valence electrons. The molecule has 1 aliphatic carbocycles. The fraction of sp³-hybridized carbons (Fsp3) is 0.411. The molecule has 5 fully saturated rings. The quantitative estimate of drug-likeness (QED) is 0.0963. The number of pyridine rings is 4. The summed E-state index contributed by atoms with van der Waals surface area (Å²) in [6.07, 6.45) is 34.4. The number of piperazine rings is 2. The molecule has 2 atom stereocenters. The highest BCUT2D eigenvalue weighted by Gasteiger charge is 2.34. The smallest absolute Gasteiger partial charge is 0.258 e. The van der Waals surface area contributed by atoms with Crippen LogP contribution in [0.2, 0.25) is 0 Å². The maximum Gasteiger partial charge on any atom is 0.258 e. The van der Waals surface area contributed by atoms with Gasteiger partial charge in [-0.25, -0.2) is 38.9 Å². The molecule has 0 amide bonds.